The van der Waals surface area contributed by atoms with Gasteiger partial charge in [-0.3, -0.25) is 0 Å². The van der Waals surface area contributed by atoms with Gasteiger partial charge in [0.2, 0.25) is 0 Å². The highest BCUT2D eigenvalue weighted by Gasteiger charge is 2.17. The van der Waals surface area contributed by atoms with E-state index in [1.54, 1.807) is 26.0 Å². The van der Waals surface area contributed by atoms with E-state index in [4.69, 9.17) is 9.47 Å². The minimum Gasteiger partial charge on any atom is -0.462 e. The lowest BCUT2D eigenvalue weighted by Crippen LogP contribution is -2.06. The highest BCUT2D eigenvalue weighted by molar-refractivity contribution is 7.98. The van der Waals surface area contributed by atoms with E-state index >= 15 is 0 Å². The molecule has 0 unspecified atom stereocenters. The third-order valence-corrected chi connectivity index (χ3v) is 5.83. The van der Waals surface area contributed by atoms with Crippen LogP contribution >= 0.6 is 11.8 Å². The van der Waals surface area contributed by atoms with Crippen molar-refractivity contribution in [1.29, 1.82) is 0 Å². The van der Waals surface area contributed by atoms with E-state index in [-0.39, 0.29) is 17.9 Å². The number of nitrogens with zero attached hydrogens (tertiary/aromatic N) is 2. The van der Waals surface area contributed by atoms with Crippen LogP contribution < -0.4 is 0 Å². The molecule has 166 valence electrons. The van der Waals surface area contributed by atoms with Crippen LogP contribution in [0.5, 0.6) is 0 Å². The van der Waals surface area contributed by atoms with E-state index in [1.807, 2.05) is 17.6 Å². The number of rotatable bonds is 10. The second-order valence-electron chi connectivity index (χ2n) is 6.97. The molecule has 0 saturated carbocycles. The molecule has 0 bridgehead atoms. The van der Waals surface area contributed by atoms with E-state index in [1.165, 1.54) is 23.9 Å². The molecule has 3 rings (SSSR count). The molecule has 5 nitrogen and oxygen atoms in total. The van der Waals surface area contributed by atoms with Crippen LogP contribution in [0.4, 0.5) is 8.78 Å². The van der Waals surface area contributed by atoms with Crippen LogP contribution in [-0.2, 0) is 21.8 Å². The maximum absolute atomic E-state index is 14.4. The average Bonchev–Trinajstić information content (AvgIpc) is 3.10. The first-order valence-electron chi connectivity index (χ1n) is 10.3. The second kappa shape index (κ2) is 10.7. The number of carbonyl (C=O) groups excluding carboxylic acids is 1. The zero-order chi connectivity index (χ0) is 22.4. The highest BCUT2D eigenvalue weighted by Crippen LogP contribution is 2.30. The summed E-state index contributed by atoms with van der Waals surface area (Å²) in [6.07, 6.45) is 0.764. The number of imidazole rings is 1. The van der Waals surface area contributed by atoms with Gasteiger partial charge in [0.1, 0.15) is 11.6 Å². The van der Waals surface area contributed by atoms with Crippen molar-refractivity contribution in [2.24, 2.45) is 0 Å². The number of halogens is 2. The van der Waals surface area contributed by atoms with Crippen LogP contribution in [0, 0.1) is 18.6 Å². The SMILES string of the molecule is CCOCCCn1c(SCc2c(F)ccc(C)c2F)nc2cc(C(=O)OCC)ccc21. The third-order valence-electron chi connectivity index (χ3n) is 4.82. The number of esters is 1. The molecule has 3 aromatic rings. The van der Waals surface area contributed by atoms with E-state index in [0.717, 1.165) is 11.9 Å². The Morgan fingerprint density at radius 3 is 2.71 bits per heavy atom. The summed E-state index contributed by atoms with van der Waals surface area (Å²) < 4.78 is 41.1. The van der Waals surface area contributed by atoms with Crippen molar-refractivity contribution < 1.29 is 23.0 Å². The number of carbonyl (C=O) groups is 1. The van der Waals surface area contributed by atoms with Gasteiger partial charge in [-0.1, -0.05) is 17.8 Å². The summed E-state index contributed by atoms with van der Waals surface area (Å²) in [4.78, 5) is 16.7. The lowest BCUT2D eigenvalue weighted by Gasteiger charge is -2.10. The van der Waals surface area contributed by atoms with Gasteiger partial charge in [-0.05, 0) is 57.0 Å². The van der Waals surface area contributed by atoms with E-state index < -0.39 is 17.6 Å². The Morgan fingerprint density at radius 1 is 1.16 bits per heavy atom. The molecule has 0 saturated heterocycles. The monoisotopic (exact) mass is 448 g/mol. The van der Waals surface area contributed by atoms with Crippen molar-refractivity contribution in [3.05, 3.63) is 58.7 Å². The Morgan fingerprint density at radius 2 is 1.97 bits per heavy atom. The predicted molar refractivity (Wildman–Crippen MR) is 117 cm³/mol. The maximum Gasteiger partial charge on any atom is 0.338 e. The predicted octanol–water partition coefficient (Wildman–Crippen LogP) is 5.52. The first-order valence-corrected chi connectivity index (χ1v) is 11.3. The first kappa shape index (κ1) is 23.2. The van der Waals surface area contributed by atoms with Crippen LogP contribution in [0.15, 0.2) is 35.5 Å². The van der Waals surface area contributed by atoms with Crippen LogP contribution in [0.3, 0.4) is 0 Å². The summed E-state index contributed by atoms with van der Waals surface area (Å²) in [5.74, 6) is -1.40. The van der Waals surface area contributed by atoms with Crippen molar-refractivity contribution in [2.45, 2.75) is 44.6 Å². The maximum atomic E-state index is 14.4. The average molecular weight is 449 g/mol. The quantitative estimate of drug-likeness (QED) is 0.232. The van der Waals surface area contributed by atoms with Crippen molar-refractivity contribution in [3.63, 3.8) is 0 Å². The summed E-state index contributed by atoms with van der Waals surface area (Å²) in [5, 5.41) is 0.632. The molecule has 31 heavy (non-hydrogen) atoms. The Hall–Kier alpha value is -2.45. The molecule has 0 amide bonds. The van der Waals surface area contributed by atoms with Crippen LogP contribution in [0.25, 0.3) is 11.0 Å². The first-order chi connectivity index (χ1) is 15.0. The molecule has 0 aliphatic rings. The van der Waals surface area contributed by atoms with Gasteiger partial charge in [0.25, 0.3) is 0 Å². The molecule has 0 aliphatic heterocycles. The number of benzene rings is 2. The topological polar surface area (TPSA) is 53.4 Å². The van der Waals surface area contributed by atoms with Crippen LogP contribution in [-0.4, -0.2) is 35.3 Å². The van der Waals surface area contributed by atoms with Gasteiger partial charge in [0.05, 0.1) is 23.2 Å². The number of aryl methyl sites for hydroxylation is 2. The fourth-order valence-corrected chi connectivity index (χ4v) is 4.27. The molecular weight excluding hydrogens is 422 g/mol. The van der Waals surface area contributed by atoms with Gasteiger partial charge >= 0.3 is 5.97 Å². The van der Waals surface area contributed by atoms with Gasteiger partial charge in [-0.15, -0.1) is 0 Å². The number of fused-ring (bicyclic) bond motifs is 1. The molecule has 0 radical (unpaired) electrons. The minimum absolute atomic E-state index is 0.0325. The Balaban J connectivity index is 1.92. The molecule has 1 aromatic heterocycles. The summed E-state index contributed by atoms with van der Waals surface area (Å²) in [6, 6.07) is 7.93. The summed E-state index contributed by atoms with van der Waals surface area (Å²) in [5.41, 5.74) is 2.33. The zero-order valence-corrected chi connectivity index (χ0v) is 18.7. The van der Waals surface area contributed by atoms with Crippen molar-refractivity contribution in [1.82, 2.24) is 9.55 Å². The molecule has 0 atom stereocenters. The molecule has 0 fully saturated rings. The summed E-state index contributed by atoms with van der Waals surface area (Å²) >= 11 is 1.27. The zero-order valence-electron chi connectivity index (χ0n) is 17.9. The lowest BCUT2D eigenvalue weighted by atomic mass is 10.1. The summed E-state index contributed by atoms with van der Waals surface area (Å²) in [6.45, 7) is 7.47. The standard InChI is InChI=1S/C23H26F2N2O3S/c1-4-29-12-6-11-27-20-10-8-16(22(28)30-5-2)13-19(20)26-23(27)31-14-17-18(24)9-7-15(3)21(17)25/h7-10,13H,4-6,11-12,14H2,1-3H3. The normalized spacial score (nSPS) is 11.3. The highest BCUT2D eigenvalue weighted by atomic mass is 32.2. The Kier molecular flexibility index (Phi) is 8.03. The van der Waals surface area contributed by atoms with Gasteiger partial charge in [-0.25, -0.2) is 18.6 Å². The number of aromatic nitrogens is 2. The number of hydrogen-bond donors (Lipinski definition) is 0. The van der Waals surface area contributed by atoms with E-state index in [9.17, 15) is 13.6 Å². The Labute approximate surface area is 184 Å². The van der Waals surface area contributed by atoms with Crippen LogP contribution in [0.1, 0.15) is 41.8 Å². The van der Waals surface area contributed by atoms with Gasteiger partial charge in [0, 0.05) is 31.1 Å². The molecule has 2 aromatic carbocycles. The van der Waals surface area contributed by atoms with Gasteiger partial charge in [0.15, 0.2) is 5.16 Å². The van der Waals surface area contributed by atoms with E-state index in [2.05, 4.69) is 4.98 Å². The number of ether oxygens (including phenoxy) is 2. The molecule has 1 heterocycles. The lowest BCUT2D eigenvalue weighted by molar-refractivity contribution is 0.0526. The third kappa shape index (κ3) is 5.43. The van der Waals surface area contributed by atoms with Crippen LogP contribution in [0.2, 0.25) is 0 Å². The van der Waals surface area contributed by atoms with Crippen molar-refractivity contribution in [2.75, 3.05) is 19.8 Å². The molecule has 0 aliphatic carbocycles. The molecule has 0 spiro atoms. The summed E-state index contributed by atoms with van der Waals surface area (Å²) in [7, 11) is 0. The van der Waals surface area contributed by atoms with E-state index in [0.29, 0.717) is 41.6 Å². The van der Waals surface area contributed by atoms with Crippen molar-refractivity contribution in [3.8, 4) is 0 Å². The van der Waals surface area contributed by atoms with Gasteiger partial charge in [-0.2, -0.15) is 0 Å². The molecule has 8 heteroatoms. The molecular formula is C23H26F2N2O3S. The van der Waals surface area contributed by atoms with Crippen molar-refractivity contribution >= 4 is 28.8 Å². The number of hydrogen-bond acceptors (Lipinski definition) is 5. The minimum atomic E-state index is -0.570. The smallest absolute Gasteiger partial charge is 0.338 e. The molecule has 0 N–H and O–H groups in total. The largest absolute Gasteiger partial charge is 0.462 e. The van der Waals surface area contributed by atoms with Gasteiger partial charge < -0.3 is 14.0 Å². The Bertz CT molecular complexity index is 1070. The fourth-order valence-electron chi connectivity index (χ4n) is 3.23. The number of thioether (sulfide) groups is 1. The second-order valence-corrected chi connectivity index (χ2v) is 7.91. The fraction of sp³-hybridized carbons (Fsp3) is 0.391.